The van der Waals surface area contributed by atoms with Crippen LogP contribution in [0.25, 0.3) is 0 Å². The van der Waals surface area contributed by atoms with Crippen LogP contribution >= 0.6 is 11.8 Å². The molecule has 154 valence electrons. The number of rotatable bonds is 6. The molecule has 6 heteroatoms. The summed E-state index contributed by atoms with van der Waals surface area (Å²) in [4.78, 5) is 18.3. The summed E-state index contributed by atoms with van der Waals surface area (Å²) >= 11 is 1.65. The number of nitrogens with one attached hydrogen (secondary N) is 1. The zero-order chi connectivity index (χ0) is 20.9. The predicted octanol–water partition coefficient (Wildman–Crippen LogP) is 5.69. The van der Waals surface area contributed by atoms with Crippen LogP contribution in [0.15, 0.2) is 70.7 Å². The van der Waals surface area contributed by atoms with E-state index in [-0.39, 0.29) is 11.8 Å². The average molecular weight is 423 g/mol. The first-order valence-electron chi connectivity index (χ1n) is 9.96. The number of carbonyl (C=O) groups excluding carboxylic acids is 1. The molecule has 1 aliphatic carbocycles. The highest BCUT2D eigenvalue weighted by atomic mass is 32.2. The number of halogens is 1. The van der Waals surface area contributed by atoms with Gasteiger partial charge >= 0.3 is 5.97 Å². The van der Waals surface area contributed by atoms with Crippen molar-refractivity contribution in [1.29, 1.82) is 0 Å². The fourth-order valence-corrected chi connectivity index (χ4v) is 4.74. The van der Waals surface area contributed by atoms with Crippen molar-refractivity contribution in [1.82, 2.24) is 4.98 Å². The molecule has 2 aromatic carbocycles. The van der Waals surface area contributed by atoms with E-state index >= 15 is 0 Å². The summed E-state index contributed by atoms with van der Waals surface area (Å²) in [6.45, 7) is 0.729. The molecule has 3 aromatic rings. The summed E-state index contributed by atoms with van der Waals surface area (Å²) in [5.74, 6) is -0.222. The first-order valence-corrected chi connectivity index (χ1v) is 10.8. The number of aromatic nitrogens is 1. The Morgan fingerprint density at radius 3 is 2.80 bits per heavy atom. The topological polar surface area (TPSA) is 51.2 Å². The number of fused-ring (bicyclic) bond motifs is 1. The van der Waals surface area contributed by atoms with E-state index in [0.29, 0.717) is 17.2 Å². The van der Waals surface area contributed by atoms with E-state index in [9.17, 15) is 9.18 Å². The number of hydrogen-bond acceptors (Lipinski definition) is 5. The minimum Gasteiger partial charge on any atom is -0.465 e. The Bertz CT molecular complexity index is 1040. The van der Waals surface area contributed by atoms with Crippen molar-refractivity contribution >= 4 is 23.4 Å². The number of carbonyl (C=O) groups is 1. The summed E-state index contributed by atoms with van der Waals surface area (Å²) in [5, 5.41) is 3.39. The third kappa shape index (κ3) is 4.65. The third-order valence-electron chi connectivity index (χ3n) is 5.37. The van der Waals surface area contributed by atoms with Gasteiger partial charge in [-0.1, -0.05) is 17.8 Å². The highest BCUT2D eigenvalue weighted by molar-refractivity contribution is 7.99. The first-order chi connectivity index (χ1) is 14.6. The zero-order valence-electron chi connectivity index (χ0n) is 16.7. The van der Waals surface area contributed by atoms with Gasteiger partial charge in [0.05, 0.1) is 24.6 Å². The van der Waals surface area contributed by atoms with Crippen molar-refractivity contribution in [2.45, 2.75) is 35.0 Å². The number of esters is 1. The second-order valence-electron chi connectivity index (χ2n) is 7.30. The molecule has 0 radical (unpaired) electrons. The molecule has 1 atom stereocenters. The number of aryl methyl sites for hydroxylation is 1. The van der Waals surface area contributed by atoms with Crippen LogP contribution in [0.5, 0.6) is 0 Å². The van der Waals surface area contributed by atoms with Crippen LogP contribution in [0.4, 0.5) is 10.1 Å². The maximum absolute atomic E-state index is 13.1. The van der Waals surface area contributed by atoms with Crippen LogP contribution in [-0.4, -0.2) is 24.6 Å². The van der Waals surface area contributed by atoms with Gasteiger partial charge in [0.15, 0.2) is 0 Å². The van der Waals surface area contributed by atoms with E-state index in [4.69, 9.17) is 4.74 Å². The molecule has 4 nitrogen and oxygen atoms in total. The molecule has 1 heterocycles. The van der Waals surface area contributed by atoms with Gasteiger partial charge in [0, 0.05) is 28.5 Å². The first kappa shape index (κ1) is 20.4. The molecule has 0 saturated carbocycles. The molecule has 0 amide bonds. The monoisotopic (exact) mass is 422 g/mol. The van der Waals surface area contributed by atoms with Crippen molar-refractivity contribution in [3.05, 3.63) is 83.4 Å². The lowest BCUT2D eigenvalue weighted by Crippen LogP contribution is -2.19. The van der Waals surface area contributed by atoms with Crippen molar-refractivity contribution in [3.8, 4) is 0 Å². The number of ether oxygens (including phenoxy) is 1. The van der Waals surface area contributed by atoms with Gasteiger partial charge in [0.2, 0.25) is 0 Å². The van der Waals surface area contributed by atoms with Crippen molar-refractivity contribution in [3.63, 3.8) is 0 Å². The van der Waals surface area contributed by atoms with E-state index < -0.39 is 0 Å². The maximum Gasteiger partial charge on any atom is 0.340 e. The summed E-state index contributed by atoms with van der Waals surface area (Å²) in [6, 6.07) is 14.8. The van der Waals surface area contributed by atoms with Crippen LogP contribution < -0.4 is 5.32 Å². The Balaban J connectivity index is 1.48. The molecule has 0 spiro atoms. The van der Waals surface area contributed by atoms with Gasteiger partial charge in [-0.05, 0) is 72.9 Å². The van der Waals surface area contributed by atoms with Gasteiger partial charge in [-0.15, -0.1) is 0 Å². The lowest BCUT2D eigenvalue weighted by atomic mass is 9.83. The number of benzene rings is 2. The Morgan fingerprint density at radius 2 is 2.00 bits per heavy atom. The zero-order valence-corrected chi connectivity index (χ0v) is 17.5. The highest BCUT2D eigenvalue weighted by Crippen LogP contribution is 2.36. The van der Waals surface area contributed by atoms with Gasteiger partial charge < -0.3 is 10.1 Å². The number of anilines is 1. The molecular formula is C24H23FN2O2S. The highest BCUT2D eigenvalue weighted by Gasteiger charge is 2.21. The van der Waals surface area contributed by atoms with Crippen LogP contribution in [0, 0.1) is 5.82 Å². The number of methoxy groups -OCH3 is 1. The van der Waals surface area contributed by atoms with Crippen molar-refractivity contribution in [2.75, 3.05) is 19.0 Å². The standard InChI is InChI=1S/C24H23FN2O2S/c1-29-24(28)22-11-12-26-15-23(22)27-14-17-4-2-3-16-13-20(9-10-21(16)17)30-19-7-5-18(25)6-8-19/h5-13,15,17,27H,2-4,14H2,1H3/t17-/m1/s1. The Labute approximate surface area is 179 Å². The van der Waals surface area contributed by atoms with Gasteiger partial charge in [-0.25, -0.2) is 9.18 Å². The van der Waals surface area contributed by atoms with E-state index in [1.165, 1.54) is 30.4 Å². The van der Waals surface area contributed by atoms with Crippen molar-refractivity contribution < 1.29 is 13.9 Å². The summed E-state index contributed by atoms with van der Waals surface area (Å²) in [5.41, 5.74) is 3.90. The van der Waals surface area contributed by atoms with Crippen LogP contribution in [0.1, 0.15) is 40.2 Å². The molecular weight excluding hydrogens is 399 g/mol. The molecule has 0 saturated heterocycles. The Kier molecular flexibility index (Phi) is 6.33. The van der Waals surface area contributed by atoms with Crippen LogP contribution in [0.3, 0.4) is 0 Å². The largest absolute Gasteiger partial charge is 0.465 e. The number of pyridine rings is 1. The minimum atomic E-state index is -0.369. The molecule has 30 heavy (non-hydrogen) atoms. The van der Waals surface area contributed by atoms with E-state index in [1.807, 2.05) is 0 Å². The van der Waals surface area contributed by atoms with Gasteiger partial charge in [-0.2, -0.15) is 0 Å². The Morgan fingerprint density at radius 1 is 1.20 bits per heavy atom. The van der Waals surface area contributed by atoms with Gasteiger partial charge in [0.1, 0.15) is 5.82 Å². The van der Waals surface area contributed by atoms with Gasteiger partial charge in [-0.3, -0.25) is 4.98 Å². The lowest BCUT2D eigenvalue weighted by molar-refractivity contribution is 0.0601. The van der Waals surface area contributed by atoms with Gasteiger partial charge in [0.25, 0.3) is 0 Å². The average Bonchev–Trinajstić information content (AvgIpc) is 2.78. The quantitative estimate of drug-likeness (QED) is 0.517. The van der Waals surface area contributed by atoms with Crippen LogP contribution in [-0.2, 0) is 11.2 Å². The van der Waals surface area contributed by atoms with E-state index in [1.54, 1.807) is 42.4 Å². The molecule has 1 aliphatic rings. The second-order valence-corrected chi connectivity index (χ2v) is 8.45. The minimum absolute atomic E-state index is 0.218. The maximum atomic E-state index is 13.1. The fourth-order valence-electron chi connectivity index (χ4n) is 3.86. The lowest BCUT2D eigenvalue weighted by Gasteiger charge is -2.27. The molecule has 4 rings (SSSR count). The molecule has 0 aliphatic heterocycles. The second kappa shape index (κ2) is 9.30. The fraction of sp³-hybridized carbons (Fsp3) is 0.250. The molecule has 1 N–H and O–H groups in total. The summed E-state index contributed by atoms with van der Waals surface area (Å²) in [6.07, 6.45) is 6.54. The summed E-state index contributed by atoms with van der Waals surface area (Å²) < 4.78 is 18.0. The summed E-state index contributed by atoms with van der Waals surface area (Å²) in [7, 11) is 1.38. The smallest absolute Gasteiger partial charge is 0.340 e. The van der Waals surface area contributed by atoms with E-state index in [0.717, 1.165) is 35.6 Å². The SMILES string of the molecule is COC(=O)c1ccncc1NC[C@H]1CCCc2cc(Sc3ccc(F)cc3)ccc21. The van der Waals surface area contributed by atoms with Crippen LogP contribution in [0.2, 0.25) is 0 Å². The predicted molar refractivity (Wildman–Crippen MR) is 117 cm³/mol. The molecule has 0 unspecified atom stereocenters. The molecule has 0 fully saturated rings. The number of hydrogen-bond donors (Lipinski definition) is 1. The molecule has 1 aromatic heterocycles. The number of nitrogens with zero attached hydrogens (tertiary/aromatic N) is 1. The van der Waals surface area contributed by atoms with E-state index in [2.05, 4.69) is 28.5 Å². The van der Waals surface area contributed by atoms with Crippen molar-refractivity contribution in [2.24, 2.45) is 0 Å². The third-order valence-corrected chi connectivity index (χ3v) is 6.37. The Hall–Kier alpha value is -2.86. The molecule has 0 bridgehead atoms. The normalized spacial score (nSPS) is 15.3.